The van der Waals surface area contributed by atoms with Crippen LogP contribution in [0.3, 0.4) is 0 Å². The molecule has 0 radical (unpaired) electrons. The van der Waals surface area contributed by atoms with Gasteiger partial charge in [0.25, 0.3) is 6.47 Å². The van der Waals surface area contributed by atoms with Crippen LogP contribution in [-0.2, 0) is 28.2 Å². The van der Waals surface area contributed by atoms with Crippen LogP contribution in [0.4, 0.5) is 0 Å². The van der Waals surface area contributed by atoms with E-state index in [9.17, 15) is 23.9 Å². The van der Waals surface area contributed by atoms with E-state index in [1.807, 2.05) is 0 Å². The molecule has 0 aromatic rings. The molecule has 0 bridgehead atoms. The Bertz CT molecular complexity index is 673. The van der Waals surface area contributed by atoms with Gasteiger partial charge in [-0.2, -0.15) is 11.8 Å². The first-order chi connectivity index (χ1) is 20.9. The number of ether oxygens (including phenoxy) is 2. The monoisotopic (exact) mass is 696 g/mol. The van der Waals surface area contributed by atoms with Crippen molar-refractivity contribution in [2.75, 3.05) is 24.7 Å². The van der Waals surface area contributed by atoms with Crippen LogP contribution in [0.2, 0.25) is 0 Å². The average molecular weight is 697 g/mol. The quantitative estimate of drug-likeness (QED) is 0.0323. The predicted octanol–water partition coefficient (Wildman–Crippen LogP) is 2.43. The number of rotatable bonds is 35. The number of hydrogen-bond acceptors (Lipinski definition) is 9. The first kappa shape index (κ1) is 50.8. The zero-order chi connectivity index (χ0) is 31.7. The Morgan fingerprint density at radius 2 is 1.11 bits per heavy atom. The Kier molecular flexibility index (Phi) is 44.9. The van der Waals surface area contributed by atoms with Crippen molar-refractivity contribution in [2.45, 2.75) is 174 Å². The van der Waals surface area contributed by atoms with E-state index in [0.29, 0.717) is 25.3 Å². The van der Waals surface area contributed by atoms with E-state index in [1.54, 1.807) is 11.8 Å². The summed E-state index contributed by atoms with van der Waals surface area (Å²) in [6.07, 6.45) is 28.5. The first-order valence-corrected chi connectivity index (χ1v) is 20.0. The summed E-state index contributed by atoms with van der Waals surface area (Å²) in [4.78, 5) is 44.3. The van der Waals surface area contributed by atoms with Gasteiger partial charge in [0.05, 0.1) is 21.0 Å². The number of phosphoric ester groups is 1. The Hall–Kier alpha value is 1.40. The van der Waals surface area contributed by atoms with Gasteiger partial charge in [-0.15, -0.1) is 0 Å². The number of hydrogen-bond donors (Lipinski definition) is 0. The first-order valence-electron chi connectivity index (χ1n) is 17.4. The molecule has 0 aromatic carbocycles. The molecule has 0 saturated heterocycles. The van der Waals surface area contributed by atoms with Crippen LogP contribution in [0.5, 0.6) is 0 Å². The van der Waals surface area contributed by atoms with E-state index < -0.39 is 20.5 Å². The SMILES string of the molecule is CCCCCCCCCCCCCCCC(=O)O[C@H](COP(=O)([O-])[O-])CSCCCCCCCCCCCCCOC=O.[Na+].[Na+]. The molecule has 0 aliphatic rings. The molecule has 0 N–H and O–H groups in total. The summed E-state index contributed by atoms with van der Waals surface area (Å²) in [6, 6.07) is 0. The van der Waals surface area contributed by atoms with Gasteiger partial charge in [0.15, 0.2) is 0 Å². The maximum Gasteiger partial charge on any atom is 1.00 e. The normalized spacial score (nSPS) is 11.8. The van der Waals surface area contributed by atoms with Gasteiger partial charge in [-0.1, -0.05) is 142 Å². The van der Waals surface area contributed by atoms with Gasteiger partial charge in [-0.3, -0.25) is 9.59 Å². The molecule has 0 amide bonds. The standard InChI is InChI=1S/C33H65O8PS.2Na/c1-2-3-4-5-6-7-8-9-11-14-17-20-23-26-33(35)41-32(29-40-42(36,37)38)30-43-28-25-22-19-16-13-10-12-15-18-21-24-27-39-31-34;;/h31-32H,2-30H2,1H3,(H2,36,37,38);;/q;2*+1/p-2/t32-;;/m1../s1. The van der Waals surface area contributed by atoms with Crippen LogP contribution < -0.4 is 68.9 Å². The van der Waals surface area contributed by atoms with Crippen molar-refractivity contribution in [1.82, 2.24) is 0 Å². The van der Waals surface area contributed by atoms with E-state index in [4.69, 9.17) is 9.47 Å². The third-order valence-electron chi connectivity index (χ3n) is 7.62. The molecule has 0 saturated carbocycles. The molecule has 12 heteroatoms. The minimum Gasteiger partial charge on any atom is -0.790 e. The van der Waals surface area contributed by atoms with E-state index in [-0.39, 0.29) is 65.1 Å². The zero-order valence-corrected chi connectivity index (χ0v) is 35.0. The summed E-state index contributed by atoms with van der Waals surface area (Å²) in [5.41, 5.74) is 0. The minimum absolute atomic E-state index is 0. The number of phosphoric acid groups is 1. The Balaban J connectivity index is -0.00000882. The van der Waals surface area contributed by atoms with Crippen molar-refractivity contribution in [2.24, 2.45) is 0 Å². The summed E-state index contributed by atoms with van der Waals surface area (Å²) in [7, 11) is -5.11. The van der Waals surface area contributed by atoms with Crippen LogP contribution in [-0.4, -0.2) is 43.3 Å². The van der Waals surface area contributed by atoms with Gasteiger partial charge in [0, 0.05) is 12.2 Å². The molecule has 0 aliphatic carbocycles. The van der Waals surface area contributed by atoms with E-state index in [1.165, 1.54) is 109 Å². The zero-order valence-electron chi connectivity index (χ0n) is 29.3. The molecule has 0 fully saturated rings. The molecule has 0 heterocycles. The molecule has 0 spiro atoms. The van der Waals surface area contributed by atoms with Crippen molar-refractivity contribution in [3.05, 3.63) is 0 Å². The second kappa shape index (κ2) is 39.8. The van der Waals surface area contributed by atoms with Gasteiger partial charge < -0.3 is 28.3 Å². The van der Waals surface area contributed by atoms with Gasteiger partial charge in [-0.05, 0) is 25.0 Å². The predicted molar refractivity (Wildman–Crippen MR) is 174 cm³/mol. The van der Waals surface area contributed by atoms with Crippen LogP contribution >= 0.6 is 19.6 Å². The second-order valence-corrected chi connectivity index (χ2v) is 14.1. The van der Waals surface area contributed by atoms with Crippen molar-refractivity contribution < 1.29 is 97.1 Å². The number of unbranched alkanes of at least 4 members (excludes halogenated alkanes) is 22. The summed E-state index contributed by atoms with van der Waals surface area (Å²) in [6.45, 7) is 2.88. The maximum atomic E-state index is 12.3. The summed E-state index contributed by atoms with van der Waals surface area (Å²) in [5.74, 6) is 0.967. The van der Waals surface area contributed by atoms with E-state index in [2.05, 4.69) is 11.4 Å². The molecule has 8 nitrogen and oxygen atoms in total. The molecule has 0 rings (SSSR count). The molecule has 256 valence electrons. The molecule has 45 heavy (non-hydrogen) atoms. The van der Waals surface area contributed by atoms with E-state index >= 15 is 0 Å². The molecule has 0 aliphatic heterocycles. The van der Waals surface area contributed by atoms with Crippen LogP contribution in [0.15, 0.2) is 0 Å². The van der Waals surface area contributed by atoms with Crippen LogP contribution in [0.1, 0.15) is 167 Å². The minimum atomic E-state index is -5.11. The fraction of sp³-hybridized carbons (Fsp3) is 0.939. The Morgan fingerprint density at radius 3 is 1.56 bits per heavy atom. The summed E-state index contributed by atoms with van der Waals surface area (Å²) < 4.78 is 25.5. The Morgan fingerprint density at radius 1 is 0.689 bits per heavy atom. The molecule has 0 unspecified atom stereocenters. The number of carbonyl (C=O) groups is 2. The van der Waals surface area contributed by atoms with Crippen molar-refractivity contribution in [3.63, 3.8) is 0 Å². The van der Waals surface area contributed by atoms with Crippen molar-refractivity contribution in [3.8, 4) is 0 Å². The molecule has 0 aromatic heterocycles. The van der Waals surface area contributed by atoms with Gasteiger partial charge in [0.1, 0.15) is 6.10 Å². The summed E-state index contributed by atoms with van der Waals surface area (Å²) in [5, 5.41) is 0. The number of carbonyl (C=O) groups excluding carboxylic acids is 2. The van der Waals surface area contributed by atoms with Crippen LogP contribution in [0, 0.1) is 0 Å². The fourth-order valence-corrected chi connectivity index (χ4v) is 6.42. The van der Waals surface area contributed by atoms with Gasteiger partial charge in [0.2, 0.25) is 0 Å². The maximum absolute atomic E-state index is 12.3. The Labute approximate surface area is 324 Å². The molecular formula is C33H63Na2O8PS. The van der Waals surface area contributed by atoms with Gasteiger partial charge >= 0.3 is 65.1 Å². The summed E-state index contributed by atoms with van der Waals surface area (Å²) >= 11 is 1.61. The third-order valence-corrected chi connectivity index (χ3v) is 9.27. The average Bonchev–Trinajstić information content (AvgIpc) is 2.97. The molecular weight excluding hydrogens is 633 g/mol. The van der Waals surface area contributed by atoms with E-state index in [0.717, 1.165) is 50.7 Å². The smallest absolute Gasteiger partial charge is 0.790 e. The largest absolute Gasteiger partial charge is 1.00 e. The number of esters is 1. The van der Waals surface area contributed by atoms with Gasteiger partial charge in [-0.25, -0.2) is 0 Å². The third kappa shape index (κ3) is 43.4. The second-order valence-electron chi connectivity index (χ2n) is 11.8. The molecule has 1 atom stereocenters. The van der Waals surface area contributed by atoms with Crippen LogP contribution in [0.25, 0.3) is 0 Å². The fourth-order valence-electron chi connectivity index (χ4n) is 5.07. The topological polar surface area (TPSA) is 125 Å². The van der Waals surface area contributed by atoms with Crippen molar-refractivity contribution >= 4 is 32.0 Å². The number of thioether (sulfide) groups is 1. The van der Waals surface area contributed by atoms with Crippen molar-refractivity contribution in [1.29, 1.82) is 0 Å².